The molecular formula is C25H35ClN6O4S. The van der Waals surface area contributed by atoms with E-state index in [0.29, 0.717) is 34.8 Å². The Morgan fingerprint density at radius 1 is 1.24 bits per heavy atom. The number of aldehydes is 2. The van der Waals surface area contributed by atoms with E-state index in [1.54, 1.807) is 5.48 Å². The highest BCUT2D eigenvalue weighted by Gasteiger charge is 2.06. The number of unbranched alkanes of at least 4 members (excludes halogenated alkanes) is 3. The fraction of sp³-hybridized carbons (Fsp3) is 0.400. The van der Waals surface area contributed by atoms with Crippen molar-refractivity contribution in [1.29, 1.82) is 0 Å². The summed E-state index contributed by atoms with van der Waals surface area (Å²) in [6.45, 7) is 4.64. The predicted molar refractivity (Wildman–Crippen MR) is 150 cm³/mol. The average Bonchev–Trinajstić information content (AvgIpc) is 3.34. The summed E-state index contributed by atoms with van der Waals surface area (Å²) in [4.78, 5) is 43.4. The van der Waals surface area contributed by atoms with E-state index in [1.807, 2.05) is 51.0 Å². The van der Waals surface area contributed by atoms with E-state index in [4.69, 9.17) is 16.8 Å². The monoisotopic (exact) mass is 550 g/mol. The SMILES string of the molecule is C/C(=N/C(=C\C=O)Nc1ncc(C=O)s1)N(C)CCCCCCC(=O)NO.CNc1c(C)cccc1Cl. The van der Waals surface area contributed by atoms with Crippen molar-refractivity contribution < 1.29 is 19.6 Å². The molecule has 0 fully saturated rings. The van der Waals surface area contributed by atoms with Crippen LogP contribution in [0.4, 0.5) is 10.8 Å². The van der Waals surface area contributed by atoms with Crippen LogP contribution in [0.2, 0.25) is 5.02 Å². The number of hydroxylamine groups is 1. The van der Waals surface area contributed by atoms with Crippen LogP contribution in [-0.2, 0) is 9.59 Å². The summed E-state index contributed by atoms with van der Waals surface area (Å²) in [7, 11) is 3.78. The van der Waals surface area contributed by atoms with Crippen molar-refractivity contribution in [2.75, 3.05) is 31.3 Å². The van der Waals surface area contributed by atoms with Gasteiger partial charge in [-0.3, -0.25) is 19.6 Å². The molecule has 12 heteroatoms. The number of amidine groups is 1. The van der Waals surface area contributed by atoms with Crippen molar-refractivity contribution in [2.24, 2.45) is 4.99 Å². The number of anilines is 2. The van der Waals surface area contributed by atoms with E-state index in [0.717, 1.165) is 48.8 Å². The maximum absolute atomic E-state index is 10.9. The Kier molecular flexibility index (Phi) is 15.5. The summed E-state index contributed by atoms with van der Waals surface area (Å²) >= 11 is 7.04. The Morgan fingerprint density at radius 3 is 2.54 bits per heavy atom. The topological polar surface area (TPSA) is 136 Å². The van der Waals surface area contributed by atoms with Crippen molar-refractivity contribution in [3.05, 3.63) is 51.8 Å². The first-order valence-electron chi connectivity index (χ1n) is 11.7. The van der Waals surface area contributed by atoms with Crippen molar-refractivity contribution in [3.8, 4) is 0 Å². The number of aliphatic imine (C=N–C) groups is 1. The molecule has 0 saturated carbocycles. The van der Waals surface area contributed by atoms with Gasteiger partial charge in [0.2, 0.25) is 5.91 Å². The van der Waals surface area contributed by atoms with Gasteiger partial charge in [0, 0.05) is 33.1 Å². The number of carbonyl (C=O) groups excluding carboxylic acids is 3. The molecule has 0 saturated heterocycles. The lowest BCUT2D eigenvalue weighted by atomic mass is 10.1. The minimum absolute atomic E-state index is 0.320. The van der Waals surface area contributed by atoms with E-state index in [9.17, 15) is 14.4 Å². The number of aromatic nitrogens is 1. The highest BCUT2D eigenvalue weighted by atomic mass is 35.5. The molecule has 0 aliphatic rings. The highest BCUT2D eigenvalue weighted by molar-refractivity contribution is 7.17. The standard InChI is InChI=1S/C17H25N5O4S.C8H10ClN/c1-13(22(2)9-6-4-3-5-7-16(25)21-26)19-15(8-10-23)20-17-18-11-14(12-24)27-17;1-6-4-3-5-7(9)8(6)10-2/h8,10-12,26H,3-7,9H2,1-2H3,(H,18,20)(H,21,25);3-5,10H,1-2H3/b15-8+,19-13-;. The maximum Gasteiger partial charge on any atom is 0.243 e. The smallest absolute Gasteiger partial charge is 0.243 e. The Hall–Kier alpha value is -3.28. The number of aryl methyl sites for hydroxylation is 1. The van der Waals surface area contributed by atoms with Crippen molar-refractivity contribution in [2.45, 2.75) is 46.0 Å². The second-order valence-corrected chi connectivity index (χ2v) is 9.43. The van der Waals surface area contributed by atoms with Gasteiger partial charge in [0.1, 0.15) is 17.9 Å². The summed E-state index contributed by atoms with van der Waals surface area (Å²) in [6, 6.07) is 5.84. The first-order valence-corrected chi connectivity index (χ1v) is 12.9. The van der Waals surface area contributed by atoms with E-state index in [2.05, 4.69) is 20.6 Å². The van der Waals surface area contributed by atoms with Gasteiger partial charge in [0.05, 0.1) is 21.8 Å². The molecule has 1 amide bonds. The maximum atomic E-state index is 10.9. The molecule has 2 aromatic rings. The predicted octanol–water partition coefficient (Wildman–Crippen LogP) is 4.90. The molecule has 0 aliphatic carbocycles. The largest absolute Gasteiger partial charge is 0.387 e. The van der Waals surface area contributed by atoms with Crippen LogP contribution in [-0.4, -0.2) is 60.0 Å². The molecule has 10 nitrogen and oxygen atoms in total. The van der Waals surface area contributed by atoms with E-state index < -0.39 is 0 Å². The summed E-state index contributed by atoms with van der Waals surface area (Å²) in [5, 5.41) is 15.6. The lowest BCUT2D eigenvalue weighted by Crippen LogP contribution is -2.26. The molecule has 202 valence electrons. The molecule has 2 rings (SSSR count). The number of allylic oxidation sites excluding steroid dienone is 1. The van der Waals surface area contributed by atoms with Gasteiger partial charge >= 0.3 is 0 Å². The van der Waals surface area contributed by atoms with Crippen LogP contribution < -0.4 is 16.1 Å². The van der Waals surface area contributed by atoms with Crippen LogP contribution in [0.15, 0.2) is 41.3 Å². The molecule has 1 aromatic carbocycles. The lowest BCUT2D eigenvalue weighted by Gasteiger charge is -2.19. The number of carbonyl (C=O) groups is 3. The van der Waals surface area contributed by atoms with E-state index in [1.165, 1.54) is 29.2 Å². The van der Waals surface area contributed by atoms with Crippen LogP contribution >= 0.6 is 22.9 Å². The van der Waals surface area contributed by atoms with Gasteiger partial charge in [-0.15, -0.1) is 0 Å². The summed E-state index contributed by atoms with van der Waals surface area (Å²) < 4.78 is 0. The normalized spacial score (nSPS) is 11.2. The lowest BCUT2D eigenvalue weighted by molar-refractivity contribution is -0.129. The number of para-hydroxylation sites is 1. The molecular weight excluding hydrogens is 516 g/mol. The number of rotatable bonds is 13. The Bertz CT molecular complexity index is 1050. The number of hydrogen-bond donors (Lipinski definition) is 4. The molecule has 0 radical (unpaired) electrons. The van der Waals surface area contributed by atoms with Gasteiger partial charge in [-0.05, 0) is 38.3 Å². The fourth-order valence-corrected chi connectivity index (χ4v) is 4.05. The Labute approximate surface area is 226 Å². The van der Waals surface area contributed by atoms with Gasteiger partial charge in [0.15, 0.2) is 11.4 Å². The fourth-order valence-electron chi connectivity index (χ4n) is 3.09. The first-order chi connectivity index (χ1) is 17.7. The molecule has 37 heavy (non-hydrogen) atoms. The molecule has 0 spiro atoms. The molecule has 1 heterocycles. The van der Waals surface area contributed by atoms with Gasteiger partial charge in [-0.2, -0.15) is 0 Å². The molecule has 0 aliphatic heterocycles. The second kappa shape index (κ2) is 18.0. The van der Waals surface area contributed by atoms with Gasteiger partial charge < -0.3 is 15.5 Å². The quantitative estimate of drug-likeness (QED) is 0.0525. The first kappa shape index (κ1) is 31.7. The van der Waals surface area contributed by atoms with Gasteiger partial charge in [-0.1, -0.05) is 47.9 Å². The Balaban J connectivity index is 0.000000568. The molecule has 0 unspecified atom stereocenters. The summed E-state index contributed by atoms with van der Waals surface area (Å²) in [5.41, 5.74) is 3.81. The van der Waals surface area contributed by atoms with Crippen LogP contribution in [0.1, 0.15) is 54.3 Å². The van der Waals surface area contributed by atoms with Crippen LogP contribution in [0.25, 0.3) is 0 Å². The third kappa shape index (κ3) is 12.5. The number of amides is 1. The number of benzene rings is 1. The van der Waals surface area contributed by atoms with E-state index >= 15 is 0 Å². The van der Waals surface area contributed by atoms with Crippen molar-refractivity contribution in [3.63, 3.8) is 0 Å². The molecule has 4 N–H and O–H groups in total. The van der Waals surface area contributed by atoms with Crippen LogP contribution in [0, 0.1) is 6.92 Å². The highest BCUT2D eigenvalue weighted by Crippen LogP contribution is 2.24. The molecule has 0 bridgehead atoms. The zero-order chi connectivity index (χ0) is 27.6. The van der Waals surface area contributed by atoms with Crippen molar-refractivity contribution >= 4 is 58.1 Å². The number of nitrogens with one attached hydrogen (secondary N) is 3. The third-order valence-electron chi connectivity index (χ3n) is 5.18. The second-order valence-electron chi connectivity index (χ2n) is 7.96. The van der Waals surface area contributed by atoms with Crippen LogP contribution in [0.3, 0.4) is 0 Å². The molecule has 0 atom stereocenters. The molecule has 1 aromatic heterocycles. The minimum Gasteiger partial charge on any atom is -0.387 e. The van der Waals surface area contributed by atoms with Gasteiger partial charge in [-0.25, -0.2) is 15.5 Å². The summed E-state index contributed by atoms with van der Waals surface area (Å²) in [6.07, 6.45) is 7.94. The van der Waals surface area contributed by atoms with Crippen LogP contribution in [0.5, 0.6) is 0 Å². The van der Waals surface area contributed by atoms with Gasteiger partial charge in [0.25, 0.3) is 0 Å². The minimum atomic E-state index is -0.363. The number of nitrogens with zero attached hydrogens (tertiary/aromatic N) is 3. The summed E-state index contributed by atoms with van der Waals surface area (Å²) in [5.74, 6) is 0.705. The van der Waals surface area contributed by atoms with E-state index in [-0.39, 0.29) is 5.91 Å². The zero-order valence-electron chi connectivity index (χ0n) is 21.6. The zero-order valence-corrected chi connectivity index (χ0v) is 23.2. The van der Waals surface area contributed by atoms with Crippen molar-refractivity contribution in [1.82, 2.24) is 15.4 Å². The number of halogens is 1. The average molecular weight is 551 g/mol. The number of thiazole rings is 1. The Morgan fingerprint density at radius 2 is 1.97 bits per heavy atom. The number of hydrogen-bond acceptors (Lipinski definition) is 9. The third-order valence-corrected chi connectivity index (χ3v) is 6.33.